The van der Waals surface area contributed by atoms with Gasteiger partial charge in [0.25, 0.3) is 5.56 Å². The van der Waals surface area contributed by atoms with Crippen molar-refractivity contribution in [2.45, 2.75) is 13.5 Å². The molecule has 1 heterocycles. The molecule has 0 saturated carbocycles. The molecule has 0 aliphatic carbocycles. The zero-order valence-corrected chi connectivity index (χ0v) is 8.78. The quantitative estimate of drug-likeness (QED) is 0.771. The second-order valence-corrected chi connectivity index (χ2v) is 3.44. The fourth-order valence-electron chi connectivity index (χ4n) is 1.43. The number of H-pyrrole nitrogens is 1. The number of nitrogens with one attached hydrogen (secondary N) is 2. The van der Waals surface area contributed by atoms with E-state index in [2.05, 4.69) is 15.3 Å². The number of hydrogen-bond acceptors (Lipinski definition) is 3. The van der Waals surface area contributed by atoms with Crippen LogP contribution in [0.4, 0.5) is 0 Å². The lowest BCUT2D eigenvalue weighted by molar-refractivity contribution is -0.119. The van der Waals surface area contributed by atoms with Crippen LogP contribution in [0.2, 0.25) is 0 Å². The molecule has 2 rings (SSSR count). The maximum Gasteiger partial charge on any atom is 0.258 e. The van der Waals surface area contributed by atoms with Crippen LogP contribution in [0.25, 0.3) is 10.9 Å². The Bertz CT molecular complexity index is 589. The summed E-state index contributed by atoms with van der Waals surface area (Å²) < 4.78 is 0. The van der Waals surface area contributed by atoms with E-state index in [-0.39, 0.29) is 18.0 Å². The van der Waals surface area contributed by atoms with E-state index in [0.717, 1.165) is 0 Å². The van der Waals surface area contributed by atoms with E-state index in [1.807, 2.05) is 6.07 Å². The van der Waals surface area contributed by atoms with Gasteiger partial charge in [0.2, 0.25) is 5.91 Å². The van der Waals surface area contributed by atoms with Gasteiger partial charge in [0, 0.05) is 6.92 Å². The van der Waals surface area contributed by atoms with E-state index in [1.165, 1.54) is 6.92 Å². The fourth-order valence-corrected chi connectivity index (χ4v) is 1.43. The molecule has 0 aliphatic rings. The van der Waals surface area contributed by atoms with Crippen molar-refractivity contribution >= 4 is 16.8 Å². The van der Waals surface area contributed by atoms with Crippen LogP contribution in [0.1, 0.15) is 12.7 Å². The van der Waals surface area contributed by atoms with Gasteiger partial charge < -0.3 is 10.3 Å². The second kappa shape index (κ2) is 4.14. The topological polar surface area (TPSA) is 74.8 Å². The molecule has 0 atom stereocenters. The molecule has 1 amide bonds. The summed E-state index contributed by atoms with van der Waals surface area (Å²) >= 11 is 0. The molecule has 2 aromatic rings. The summed E-state index contributed by atoms with van der Waals surface area (Å²) in [6, 6.07) is 7.08. The third-order valence-electron chi connectivity index (χ3n) is 2.17. The Morgan fingerprint density at radius 2 is 2.19 bits per heavy atom. The average molecular weight is 217 g/mol. The van der Waals surface area contributed by atoms with Crippen LogP contribution in [-0.2, 0) is 11.3 Å². The summed E-state index contributed by atoms with van der Waals surface area (Å²) in [6.07, 6.45) is 0. The number of fused-ring (bicyclic) bond motifs is 1. The first-order chi connectivity index (χ1) is 7.66. The number of aromatic amines is 1. The Hall–Kier alpha value is -2.17. The lowest BCUT2D eigenvalue weighted by Crippen LogP contribution is -2.23. The lowest BCUT2D eigenvalue weighted by atomic mass is 10.2. The van der Waals surface area contributed by atoms with Gasteiger partial charge in [-0.25, -0.2) is 4.98 Å². The highest BCUT2D eigenvalue weighted by atomic mass is 16.1. The van der Waals surface area contributed by atoms with E-state index < -0.39 is 0 Å². The first kappa shape index (κ1) is 10.4. The third-order valence-corrected chi connectivity index (χ3v) is 2.17. The molecule has 0 unspecified atom stereocenters. The molecule has 0 aliphatic heterocycles. The Morgan fingerprint density at radius 3 is 2.94 bits per heavy atom. The third kappa shape index (κ3) is 2.08. The molecule has 0 bridgehead atoms. The summed E-state index contributed by atoms with van der Waals surface area (Å²) in [4.78, 5) is 29.2. The number of benzene rings is 1. The Balaban J connectivity index is 2.42. The minimum atomic E-state index is -0.189. The number of carbonyl (C=O) groups is 1. The number of aromatic nitrogens is 2. The fraction of sp³-hybridized carbons (Fsp3) is 0.182. The van der Waals surface area contributed by atoms with Crippen molar-refractivity contribution in [2.24, 2.45) is 0 Å². The molecular formula is C11H11N3O2. The van der Waals surface area contributed by atoms with Gasteiger partial charge in [0.1, 0.15) is 5.82 Å². The number of para-hydroxylation sites is 1. The minimum absolute atomic E-state index is 0.157. The maximum absolute atomic E-state index is 11.6. The Labute approximate surface area is 91.5 Å². The highest BCUT2D eigenvalue weighted by Gasteiger charge is 2.02. The molecule has 16 heavy (non-hydrogen) atoms. The SMILES string of the molecule is CC(=O)NCc1nc2ccccc2c(=O)[nH]1. The van der Waals surface area contributed by atoms with Crippen molar-refractivity contribution < 1.29 is 4.79 Å². The van der Waals surface area contributed by atoms with Crippen molar-refractivity contribution in [3.63, 3.8) is 0 Å². The molecule has 0 spiro atoms. The van der Waals surface area contributed by atoms with Crippen molar-refractivity contribution in [3.05, 3.63) is 40.4 Å². The molecule has 5 nitrogen and oxygen atoms in total. The first-order valence-electron chi connectivity index (χ1n) is 4.89. The van der Waals surface area contributed by atoms with E-state index in [0.29, 0.717) is 16.7 Å². The number of amides is 1. The summed E-state index contributed by atoms with van der Waals surface area (Å²) in [7, 11) is 0. The Morgan fingerprint density at radius 1 is 1.44 bits per heavy atom. The van der Waals surface area contributed by atoms with Gasteiger partial charge in [0.15, 0.2) is 0 Å². The normalized spacial score (nSPS) is 10.3. The molecule has 0 saturated heterocycles. The van der Waals surface area contributed by atoms with Gasteiger partial charge in [-0.05, 0) is 12.1 Å². The maximum atomic E-state index is 11.6. The van der Waals surface area contributed by atoms with E-state index >= 15 is 0 Å². The van der Waals surface area contributed by atoms with Gasteiger partial charge in [-0.15, -0.1) is 0 Å². The van der Waals surface area contributed by atoms with Gasteiger partial charge in [-0.1, -0.05) is 12.1 Å². The van der Waals surface area contributed by atoms with Gasteiger partial charge in [-0.3, -0.25) is 9.59 Å². The summed E-state index contributed by atoms with van der Waals surface area (Å²) in [6.45, 7) is 1.65. The lowest BCUT2D eigenvalue weighted by Gasteiger charge is -2.03. The van der Waals surface area contributed by atoms with Crippen molar-refractivity contribution in [1.82, 2.24) is 15.3 Å². The van der Waals surface area contributed by atoms with Crippen molar-refractivity contribution in [3.8, 4) is 0 Å². The number of nitrogens with zero attached hydrogens (tertiary/aromatic N) is 1. The second-order valence-electron chi connectivity index (χ2n) is 3.44. The predicted octanol–water partition coefficient (Wildman–Crippen LogP) is 0.559. The zero-order chi connectivity index (χ0) is 11.5. The molecule has 1 aromatic carbocycles. The summed E-state index contributed by atoms with van der Waals surface area (Å²) in [5, 5.41) is 3.13. The van der Waals surface area contributed by atoms with E-state index in [1.54, 1.807) is 18.2 Å². The standard InChI is InChI=1S/C11H11N3O2/c1-7(15)12-6-10-13-9-5-3-2-4-8(9)11(16)14-10/h2-5H,6H2,1H3,(H,12,15)(H,13,14,16). The summed E-state index contributed by atoms with van der Waals surface area (Å²) in [5.74, 6) is 0.301. The van der Waals surface area contributed by atoms with Gasteiger partial charge in [-0.2, -0.15) is 0 Å². The molecule has 0 radical (unpaired) electrons. The highest BCUT2D eigenvalue weighted by molar-refractivity contribution is 5.77. The van der Waals surface area contributed by atoms with Gasteiger partial charge >= 0.3 is 0 Å². The molecule has 82 valence electrons. The largest absolute Gasteiger partial charge is 0.349 e. The van der Waals surface area contributed by atoms with Crippen LogP contribution in [0.5, 0.6) is 0 Å². The van der Waals surface area contributed by atoms with Crippen molar-refractivity contribution in [1.29, 1.82) is 0 Å². The zero-order valence-electron chi connectivity index (χ0n) is 8.78. The monoisotopic (exact) mass is 217 g/mol. The van der Waals surface area contributed by atoms with Crippen molar-refractivity contribution in [2.75, 3.05) is 0 Å². The van der Waals surface area contributed by atoms with Crippen LogP contribution in [-0.4, -0.2) is 15.9 Å². The van der Waals surface area contributed by atoms with Gasteiger partial charge in [0.05, 0.1) is 17.4 Å². The molecule has 5 heteroatoms. The number of rotatable bonds is 2. The smallest absolute Gasteiger partial charge is 0.258 e. The Kier molecular flexibility index (Phi) is 2.68. The van der Waals surface area contributed by atoms with E-state index in [4.69, 9.17) is 0 Å². The molecule has 1 aromatic heterocycles. The van der Waals surface area contributed by atoms with Crippen LogP contribution in [0.3, 0.4) is 0 Å². The average Bonchev–Trinajstić information content (AvgIpc) is 2.26. The van der Waals surface area contributed by atoms with Crippen LogP contribution < -0.4 is 10.9 Å². The first-order valence-corrected chi connectivity index (χ1v) is 4.89. The number of carbonyl (C=O) groups excluding carboxylic acids is 1. The number of hydrogen-bond donors (Lipinski definition) is 2. The predicted molar refractivity (Wildman–Crippen MR) is 59.9 cm³/mol. The highest BCUT2D eigenvalue weighted by Crippen LogP contribution is 2.05. The molecule has 2 N–H and O–H groups in total. The minimum Gasteiger partial charge on any atom is -0.349 e. The van der Waals surface area contributed by atoms with E-state index in [9.17, 15) is 9.59 Å². The molecular weight excluding hydrogens is 206 g/mol. The molecule has 0 fully saturated rings. The van der Waals surface area contributed by atoms with Crippen LogP contribution in [0, 0.1) is 0 Å². The van der Waals surface area contributed by atoms with Crippen LogP contribution in [0.15, 0.2) is 29.1 Å². The summed E-state index contributed by atoms with van der Waals surface area (Å²) in [5.41, 5.74) is 0.442. The van der Waals surface area contributed by atoms with Crippen LogP contribution >= 0.6 is 0 Å².